The zero-order valence-corrected chi connectivity index (χ0v) is 15.9. The predicted octanol–water partition coefficient (Wildman–Crippen LogP) is 4.23. The van der Waals surface area contributed by atoms with Gasteiger partial charge in [-0.1, -0.05) is 47.1 Å². The van der Waals surface area contributed by atoms with Crippen molar-refractivity contribution < 1.29 is 9.45 Å². The van der Waals surface area contributed by atoms with E-state index < -0.39 is 0 Å². The van der Waals surface area contributed by atoms with E-state index in [1.165, 1.54) is 6.07 Å². The van der Waals surface area contributed by atoms with Gasteiger partial charge in [0.1, 0.15) is 11.4 Å². The maximum atomic E-state index is 11.3. The average molecular weight is 399 g/mol. The Morgan fingerprint density at radius 2 is 1.82 bits per heavy atom. The topological polar surface area (TPSA) is 75.7 Å². The number of halogens is 1. The van der Waals surface area contributed by atoms with Crippen LogP contribution in [0, 0.1) is 10.1 Å². The number of aromatic nitrogens is 1. The van der Waals surface area contributed by atoms with Crippen molar-refractivity contribution in [2.75, 3.05) is 31.1 Å². The third kappa shape index (κ3) is 4.00. The molecule has 144 valence electrons. The summed E-state index contributed by atoms with van der Waals surface area (Å²) in [4.78, 5) is 15.2. The molecule has 0 N–H and O–H groups in total. The van der Waals surface area contributed by atoms with Crippen molar-refractivity contribution in [2.45, 2.75) is 6.54 Å². The molecule has 8 heteroatoms. The van der Waals surface area contributed by atoms with Crippen LogP contribution in [-0.2, 0) is 6.54 Å². The quantitative estimate of drug-likeness (QED) is 0.473. The highest BCUT2D eigenvalue weighted by atomic mass is 35.5. The maximum absolute atomic E-state index is 11.3. The fraction of sp³-hybridized carbons (Fsp3) is 0.250. The smallest absolute Gasteiger partial charge is 0.294 e. The van der Waals surface area contributed by atoms with Crippen LogP contribution in [0.3, 0.4) is 0 Å². The number of nitro groups is 1. The van der Waals surface area contributed by atoms with Crippen molar-refractivity contribution in [2.24, 2.45) is 0 Å². The molecule has 2 heterocycles. The van der Waals surface area contributed by atoms with E-state index in [2.05, 4.69) is 10.1 Å². The first kappa shape index (κ1) is 18.5. The summed E-state index contributed by atoms with van der Waals surface area (Å²) < 4.78 is 5.49. The normalized spacial score (nSPS) is 15.0. The van der Waals surface area contributed by atoms with E-state index >= 15 is 0 Å². The van der Waals surface area contributed by atoms with Crippen molar-refractivity contribution >= 4 is 23.0 Å². The Morgan fingerprint density at radius 3 is 2.54 bits per heavy atom. The molecule has 0 bridgehead atoms. The van der Waals surface area contributed by atoms with Crippen molar-refractivity contribution in [3.05, 3.63) is 75.5 Å². The molecule has 0 unspecified atom stereocenters. The maximum Gasteiger partial charge on any atom is 0.294 e. The average Bonchev–Trinajstić information content (AvgIpc) is 3.18. The molecule has 0 saturated carbocycles. The summed E-state index contributed by atoms with van der Waals surface area (Å²) in [6.45, 7) is 3.61. The number of hydrogen-bond acceptors (Lipinski definition) is 6. The molecular formula is C20H19ClN4O3. The van der Waals surface area contributed by atoms with Crippen molar-refractivity contribution in [3.8, 4) is 11.3 Å². The molecule has 1 saturated heterocycles. The van der Waals surface area contributed by atoms with E-state index in [0.29, 0.717) is 30.3 Å². The number of anilines is 1. The van der Waals surface area contributed by atoms with Crippen LogP contribution in [0.25, 0.3) is 11.3 Å². The fourth-order valence-electron chi connectivity index (χ4n) is 3.41. The SMILES string of the molecule is O=[N+]([O-])c1cc(Cl)ccc1N1CCN(Cc2cc(-c3ccccc3)no2)CC1. The molecule has 0 amide bonds. The van der Waals surface area contributed by atoms with Crippen LogP contribution >= 0.6 is 11.6 Å². The van der Waals surface area contributed by atoms with Gasteiger partial charge in [-0.25, -0.2) is 0 Å². The van der Waals surface area contributed by atoms with Crippen LogP contribution in [0.4, 0.5) is 11.4 Å². The first-order chi connectivity index (χ1) is 13.6. The highest BCUT2D eigenvalue weighted by Crippen LogP contribution is 2.31. The summed E-state index contributed by atoms with van der Waals surface area (Å²) in [6, 6.07) is 16.7. The van der Waals surface area contributed by atoms with Gasteiger partial charge in [0.25, 0.3) is 5.69 Å². The van der Waals surface area contributed by atoms with E-state index in [1.807, 2.05) is 41.3 Å². The summed E-state index contributed by atoms with van der Waals surface area (Å²) in [7, 11) is 0. The molecule has 2 aromatic carbocycles. The molecule has 0 atom stereocenters. The van der Waals surface area contributed by atoms with Crippen LogP contribution in [0.1, 0.15) is 5.76 Å². The van der Waals surface area contributed by atoms with E-state index in [0.717, 1.165) is 30.1 Å². The summed E-state index contributed by atoms with van der Waals surface area (Å²) >= 11 is 5.91. The van der Waals surface area contributed by atoms with Gasteiger partial charge < -0.3 is 9.42 Å². The Morgan fingerprint density at radius 1 is 1.07 bits per heavy atom. The Hall–Kier alpha value is -2.90. The number of nitro benzene ring substituents is 1. The number of benzene rings is 2. The van der Waals surface area contributed by atoms with Crippen molar-refractivity contribution in [3.63, 3.8) is 0 Å². The summed E-state index contributed by atoms with van der Waals surface area (Å²) in [5.74, 6) is 0.810. The Bertz CT molecular complexity index is 969. The fourth-order valence-corrected chi connectivity index (χ4v) is 3.58. The summed E-state index contributed by atoms with van der Waals surface area (Å²) in [6.07, 6.45) is 0. The molecule has 0 radical (unpaired) electrons. The van der Waals surface area contributed by atoms with Gasteiger partial charge in [-0.05, 0) is 12.1 Å². The van der Waals surface area contributed by atoms with Gasteiger partial charge in [0.05, 0.1) is 11.5 Å². The zero-order chi connectivity index (χ0) is 19.5. The molecular weight excluding hydrogens is 380 g/mol. The molecule has 1 aliphatic heterocycles. The predicted molar refractivity (Wildman–Crippen MR) is 108 cm³/mol. The Kier molecular flexibility index (Phi) is 5.27. The highest BCUT2D eigenvalue weighted by molar-refractivity contribution is 6.30. The summed E-state index contributed by atoms with van der Waals surface area (Å²) in [5, 5.41) is 15.9. The van der Waals surface area contributed by atoms with Crippen LogP contribution in [0.15, 0.2) is 59.1 Å². The van der Waals surface area contributed by atoms with E-state index in [9.17, 15) is 10.1 Å². The molecule has 28 heavy (non-hydrogen) atoms. The third-order valence-electron chi connectivity index (χ3n) is 4.86. The molecule has 1 aromatic heterocycles. The minimum Gasteiger partial charge on any atom is -0.363 e. The van der Waals surface area contributed by atoms with Crippen LogP contribution in [-0.4, -0.2) is 41.2 Å². The second kappa shape index (κ2) is 8.00. The molecule has 1 fully saturated rings. The third-order valence-corrected chi connectivity index (χ3v) is 5.09. The van der Waals surface area contributed by atoms with Gasteiger partial charge in [0.2, 0.25) is 0 Å². The lowest BCUT2D eigenvalue weighted by Gasteiger charge is -2.35. The molecule has 0 aliphatic carbocycles. The van der Waals surface area contributed by atoms with Crippen LogP contribution < -0.4 is 4.90 Å². The standard InChI is InChI=1S/C20H19ClN4O3/c21-16-6-7-19(20(12-16)25(26)27)24-10-8-23(9-11-24)14-17-13-18(22-28-17)15-4-2-1-3-5-15/h1-7,12-13H,8-11,14H2. The van der Waals surface area contributed by atoms with E-state index in [1.54, 1.807) is 12.1 Å². The van der Waals surface area contributed by atoms with Gasteiger partial charge in [0.15, 0.2) is 5.76 Å². The number of rotatable bonds is 5. The number of hydrogen-bond donors (Lipinski definition) is 0. The van der Waals surface area contributed by atoms with Crippen molar-refractivity contribution in [1.29, 1.82) is 0 Å². The lowest BCUT2D eigenvalue weighted by atomic mass is 10.1. The molecule has 3 aromatic rings. The van der Waals surface area contributed by atoms with E-state index in [4.69, 9.17) is 16.1 Å². The monoisotopic (exact) mass is 398 g/mol. The molecule has 0 spiro atoms. The second-order valence-electron chi connectivity index (χ2n) is 6.70. The number of piperazine rings is 1. The second-order valence-corrected chi connectivity index (χ2v) is 7.13. The minimum absolute atomic E-state index is 0.0451. The Labute approximate surface area is 167 Å². The van der Waals surface area contributed by atoms with Gasteiger partial charge in [-0.15, -0.1) is 0 Å². The largest absolute Gasteiger partial charge is 0.363 e. The lowest BCUT2D eigenvalue weighted by molar-refractivity contribution is -0.384. The highest BCUT2D eigenvalue weighted by Gasteiger charge is 2.24. The molecule has 7 nitrogen and oxygen atoms in total. The zero-order valence-electron chi connectivity index (χ0n) is 15.1. The van der Waals surface area contributed by atoms with Gasteiger partial charge >= 0.3 is 0 Å². The lowest BCUT2D eigenvalue weighted by Crippen LogP contribution is -2.46. The summed E-state index contributed by atoms with van der Waals surface area (Å²) in [5.41, 5.74) is 2.51. The van der Waals surface area contributed by atoms with Gasteiger partial charge in [-0.2, -0.15) is 0 Å². The first-order valence-electron chi connectivity index (χ1n) is 9.02. The van der Waals surface area contributed by atoms with Crippen molar-refractivity contribution in [1.82, 2.24) is 10.1 Å². The van der Waals surface area contributed by atoms with Gasteiger partial charge in [-0.3, -0.25) is 15.0 Å². The Balaban J connectivity index is 1.39. The molecule has 4 rings (SSSR count). The van der Waals surface area contributed by atoms with Crippen LogP contribution in [0.5, 0.6) is 0 Å². The van der Waals surface area contributed by atoms with E-state index in [-0.39, 0.29) is 10.6 Å². The molecule has 1 aliphatic rings. The van der Waals surface area contributed by atoms with Gasteiger partial charge in [0, 0.05) is 48.9 Å². The number of nitrogens with zero attached hydrogens (tertiary/aromatic N) is 4. The minimum atomic E-state index is -0.382. The first-order valence-corrected chi connectivity index (χ1v) is 9.40. The van der Waals surface area contributed by atoms with Crippen LogP contribution in [0.2, 0.25) is 5.02 Å².